The maximum Gasteiger partial charge on any atom is 0.255 e. The van der Waals surface area contributed by atoms with Crippen molar-refractivity contribution in [2.24, 2.45) is 0 Å². The fourth-order valence-corrected chi connectivity index (χ4v) is 5.05. The van der Waals surface area contributed by atoms with Crippen molar-refractivity contribution in [3.05, 3.63) is 68.7 Å². The number of aryl methyl sites for hydroxylation is 4. The molecular formula is C28H36N4O2. The van der Waals surface area contributed by atoms with Gasteiger partial charge in [-0.3, -0.25) is 14.2 Å². The van der Waals surface area contributed by atoms with Crippen LogP contribution in [0.1, 0.15) is 67.8 Å². The molecule has 6 nitrogen and oxygen atoms in total. The summed E-state index contributed by atoms with van der Waals surface area (Å²) in [6, 6.07) is 8.17. The molecule has 1 aliphatic rings. The molecule has 34 heavy (non-hydrogen) atoms. The smallest absolute Gasteiger partial charge is 0.255 e. The summed E-state index contributed by atoms with van der Waals surface area (Å²) in [4.78, 5) is 26.0. The van der Waals surface area contributed by atoms with Crippen LogP contribution in [0.15, 0.2) is 40.7 Å². The number of allylic oxidation sites excluding steroid dienone is 1. The minimum atomic E-state index is -0.0269. The lowest BCUT2D eigenvalue weighted by Gasteiger charge is -2.15. The first-order valence-electron chi connectivity index (χ1n) is 12.5. The van der Waals surface area contributed by atoms with Gasteiger partial charge in [-0.2, -0.15) is 5.10 Å². The van der Waals surface area contributed by atoms with Gasteiger partial charge in [0.15, 0.2) is 0 Å². The Bertz CT molecular complexity index is 1280. The van der Waals surface area contributed by atoms with Gasteiger partial charge in [-0.15, -0.1) is 0 Å². The van der Waals surface area contributed by atoms with Crippen LogP contribution in [0, 0.1) is 20.8 Å². The molecule has 4 rings (SSSR count). The van der Waals surface area contributed by atoms with E-state index in [0.717, 1.165) is 47.2 Å². The average molecular weight is 461 g/mol. The normalized spacial score (nSPS) is 13.8. The molecule has 0 fully saturated rings. The first kappa shape index (κ1) is 24.0. The molecule has 1 aromatic carbocycles. The summed E-state index contributed by atoms with van der Waals surface area (Å²) in [5.41, 5.74) is 6.90. The van der Waals surface area contributed by atoms with Crippen LogP contribution in [0.3, 0.4) is 0 Å². The molecule has 6 heteroatoms. The maximum absolute atomic E-state index is 13.5. The molecule has 1 amide bonds. The van der Waals surface area contributed by atoms with Crippen LogP contribution in [-0.4, -0.2) is 26.8 Å². The first-order chi connectivity index (χ1) is 16.4. The summed E-state index contributed by atoms with van der Waals surface area (Å²) < 4.78 is 3.67. The van der Waals surface area contributed by atoms with E-state index in [9.17, 15) is 9.59 Å². The Kier molecular flexibility index (Phi) is 7.35. The molecule has 0 spiro atoms. The summed E-state index contributed by atoms with van der Waals surface area (Å²) >= 11 is 0. The third-order valence-corrected chi connectivity index (χ3v) is 6.97. The Hall–Kier alpha value is -3.15. The molecule has 2 aromatic heterocycles. The van der Waals surface area contributed by atoms with E-state index in [-0.39, 0.29) is 11.5 Å². The molecular weight excluding hydrogens is 424 g/mol. The predicted octanol–water partition coefficient (Wildman–Crippen LogP) is 5.07. The zero-order chi connectivity index (χ0) is 24.2. The SMILES string of the molecule is CCn1c(=O)c(CCC(=O)NCCC2=CCCCC2)c(C)c2c(C)nn(-c3ccc(C)cc3)c21. The van der Waals surface area contributed by atoms with Crippen molar-refractivity contribution >= 4 is 16.9 Å². The van der Waals surface area contributed by atoms with E-state index in [1.165, 1.54) is 24.0 Å². The second-order valence-electron chi connectivity index (χ2n) is 9.39. The van der Waals surface area contributed by atoms with Crippen molar-refractivity contribution < 1.29 is 4.79 Å². The Morgan fingerprint density at radius 3 is 2.53 bits per heavy atom. The summed E-state index contributed by atoms with van der Waals surface area (Å²) in [6.07, 6.45) is 8.84. The number of carbonyl (C=O) groups is 1. The van der Waals surface area contributed by atoms with Gasteiger partial charge < -0.3 is 5.32 Å². The van der Waals surface area contributed by atoms with E-state index in [2.05, 4.69) is 30.4 Å². The van der Waals surface area contributed by atoms with Crippen molar-refractivity contribution in [1.82, 2.24) is 19.7 Å². The number of hydrogen-bond acceptors (Lipinski definition) is 3. The molecule has 0 atom stereocenters. The molecule has 0 aliphatic heterocycles. The molecule has 0 unspecified atom stereocenters. The Morgan fingerprint density at radius 1 is 1.09 bits per heavy atom. The lowest BCUT2D eigenvalue weighted by atomic mass is 9.97. The fourth-order valence-electron chi connectivity index (χ4n) is 5.05. The van der Waals surface area contributed by atoms with Gasteiger partial charge in [-0.05, 0) is 83.9 Å². The lowest BCUT2D eigenvalue weighted by molar-refractivity contribution is -0.121. The number of benzene rings is 1. The number of amides is 1. The van der Waals surface area contributed by atoms with E-state index < -0.39 is 0 Å². The maximum atomic E-state index is 13.5. The molecule has 0 saturated heterocycles. The third kappa shape index (κ3) is 4.86. The van der Waals surface area contributed by atoms with Crippen LogP contribution >= 0.6 is 0 Å². The predicted molar refractivity (Wildman–Crippen MR) is 138 cm³/mol. The fraction of sp³-hybridized carbons (Fsp3) is 0.464. The van der Waals surface area contributed by atoms with Gasteiger partial charge in [-0.1, -0.05) is 29.3 Å². The highest BCUT2D eigenvalue weighted by Crippen LogP contribution is 2.26. The standard InChI is InChI=1S/C28H36N4O2/c1-5-31-27-26(21(4)30-32(27)23-13-11-19(2)12-14-23)20(3)24(28(31)34)15-16-25(33)29-18-17-22-9-7-6-8-10-22/h9,11-14H,5-8,10,15-18H2,1-4H3,(H,29,33). The Labute approximate surface area is 201 Å². The number of aromatic nitrogens is 3. The van der Waals surface area contributed by atoms with Crippen molar-refractivity contribution in [2.45, 2.75) is 79.2 Å². The van der Waals surface area contributed by atoms with E-state index in [0.29, 0.717) is 31.5 Å². The minimum Gasteiger partial charge on any atom is -0.356 e. The van der Waals surface area contributed by atoms with Crippen LogP contribution in [0.5, 0.6) is 0 Å². The largest absolute Gasteiger partial charge is 0.356 e. The highest BCUT2D eigenvalue weighted by molar-refractivity contribution is 5.85. The van der Waals surface area contributed by atoms with Gasteiger partial charge in [0.25, 0.3) is 5.56 Å². The molecule has 1 aliphatic carbocycles. The molecule has 180 valence electrons. The van der Waals surface area contributed by atoms with E-state index in [4.69, 9.17) is 5.10 Å². The first-order valence-corrected chi connectivity index (χ1v) is 12.5. The van der Waals surface area contributed by atoms with Crippen molar-refractivity contribution in [3.8, 4) is 5.69 Å². The highest BCUT2D eigenvalue weighted by atomic mass is 16.1. The van der Waals surface area contributed by atoms with E-state index >= 15 is 0 Å². The van der Waals surface area contributed by atoms with Crippen LogP contribution in [-0.2, 0) is 17.8 Å². The zero-order valence-electron chi connectivity index (χ0n) is 20.9. The number of nitrogens with one attached hydrogen (secondary N) is 1. The van der Waals surface area contributed by atoms with Crippen molar-refractivity contribution in [1.29, 1.82) is 0 Å². The monoisotopic (exact) mass is 460 g/mol. The van der Waals surface area contributed by atoms with Crippen LogP contribution in [0.4, 0.5) is 0 Å². The average Bonchev–Trinajstić information content (AvgIpc) is 3.17. The summed E-state index contributed by atoms with van der Waals surface area (Å²) in [7, 11) is 0. The van der Waals surface area contributed by atoms with Gasteiger partial charge in [-0.25, -0.2) is 4.68 Å². The number of carbonyl (C=O) groups excluding carboxylic acids is 1. The van der Waals surface area contributed by atoms with Crippen molar-refractivity contribution in [2.75, 3.05) is 6.54 Å². The number of fused-ring (bicyclic) bond motifs is 1. The highest BCUT2D eigenvalue weighted by Gasteiger charge is 2.21. The van der Waals surface area contributed by atoms with Crippen LogP contribution < -0.4 is 10.9 Å². The van der Waals surface area contributed by atoms with E-state index in [1.807, 2.05) is 37.6 Å². The lowest BCUT2D eigenvalue weighted by Crippen LogP contribution is -2.29. The zero-order valence-corrected chi connectivity index (χ0v) is 20.9. The minimum absolute atomic E-state index is 0.00503. The second-order valence-corrected chi connectivity index (χ2v) is 9.39. The molecule has 0 saturated carbocycles. The number of rotatable bonds is 8. The molecule has 2 heterocycles. The van der Waals surface area contributed by atoms with Gasteiger partial charge >= 0.3 is 0 Å². The van der Waals surface area contributed by atoms with Gasteiger partial charge in [0.2, 0.25) is 5.91 Å². The summed E-state index contributed by atoms with van der Waals surface area (Å²) in [6.45, 7) is 9.22. The molecule has 0 bridgehead atoms. The molecule has 3 aromatic rings. The number of nitrogens with zero attached hydrogens (tertiary/aromatic N) is 3. The quantitative estimate of drug-likeness (QED) is 0.477. The van der Waals surface area contributed by atoms with Crippen LogP contribution in [0.25, 0.3) is 16.7 Å². The number of hydrogen-bond donors (Lipinski definition) is 1. The number of pyridine rings is 1. The third-order valence-electron chi connectivity index (χ3n) is 6.97. The van der Waals surface area contributed by atoms with Gasteiger partial charge in [0.1, 0.15) is 5.65 Å². The Morgan fingerprint density at radius 2 is 1.85 bits per heavy atom. The van der Waals surface area contributed by atoms with Gasteiger partial charge in [0.05, 0.1) is 11.4 Å². The topological polar surface area (TPSA) is 68.9 Å². The molecule has 0 radical (unpaired) electrons. The van der Waals surface area contributed by atoms with E-state index in [1.54, 1.807) is 4.57 Å². The van der Waals surface area contributed by atoms with Crippen molar-refractivity contribution in [3.63, 3.8) is 0 Å². The van der Waals surface area contributed by atoms with Crippen LogP contribution in [0.2, 0.25) is 0 Å². The second kappa shape index (κ2) is 10.4. The van der Waals surface area contributed by atoms with Gasteiger partial charge in [0, 0.05) is 30.5 Å². The Balaban J connectivity index is 1.57. The molecule has 1 N–H and O–H groups in total. The summed E-state index contributed by atoms with van der Waals surface area (Å²) in [5.74, 6) is 0.00503. The summed E-state index contributed by atoms with van der Waals surface area (Å²) in [5, 5.41) is 8.84.